The molecule has 0 aromatic carbocycles. The minimum absolute atomic E-state index is 0.0486. The quantitative estimate of drug-likeness (QED) is 0.597. The number of furan rings is 1. The molecule has 0 aliphatic heterocycles. The van der Waals surface area contributed by atoms with Crippen LogP contribution in [-0.2, 0) is 16.1 Å². The highest BCUT2D eigenvalue weighted by Crippen LogP contribution is 1.97. The molecule has 0 radical (unpaired) electrons. The van der Waals surface area contributed by atoms with Crippen molar-refractivity contribution in [2.45, 2.75) is 19.6 Å². The molecule has 0 spiro atoms. The van der Waals surface area contributed by atoms with Crippen molar-refractivity contribution in [1.82, 2.24) is 10.6 Å². The Morgan fingerprint density at radius 2 is 2.12 bits per heavy atom. The average Bonchev–Trinajstić information content (AvgIpc) is 2.75. The summed E-state index contributed by atoms with van der Waals surface area (Å²) in [4.78, 5) is 22.3. The maximum absolute atomic E-state index is 11.2. The molecule has 0 aliphatic carbocycles. The molecule has 2 amide bonds. The summed E-state index contributed by atoms with van der Waals surface area (Å²) in [6, 6.07) is 3.38. The predicted molar refractivity (Wildman–Crippen MR) is 55.2 cm³/mol. The van der Waals surface area contributed by atoms with E-state index in [1.807, 2.05) is 0 Å². The maximum Gasteiger partial charge on any atom is 0.309 e. The Bertz CT molecular complexity index is 346. The molecule has 0 aliphatic rings. The molecule has 16 heavy (non-hydrogen) atoms. The zero-order valence-corrected chi connectivity index (χ0v) is 8.90. The summed E-state index contributed by atoms with van der Waals surface area (Å²) in [5.41, 5.74) is 0. The van der Waals surface area contributed by atoms with Gasteiger partial charge in [0.15, 0.2) is 0 Å². The molecular weight excluding hydrogens is 212 g/mol. The third kappa shape index (κ3) is 4.14. The van der Waals surface area contributed by atoms with E-state index in [9.17, 15) is 9.59 Å². The molecule has 1 rings (SSSR count). The topological polar surface area (TPSA) is 91.6 Å². The fourth-order valence-corrected chi connectivity index (χ4v) is 0.982. The Hall–Kier alpha value is -1.82. The van der Waals surface area contributed by atoms with Crippen LogP contribution in [0.15, 0.2) is 22.8 Å². The summed E-state index contributed by atoms with van der Waals surface area (Å²) in [5, 5.41) is 13.6. The molecule has 6 heteroatoms. The lowest BCUT2D eigenvalue weighted by molar-refractivity contribution is -0.139. The van der Waals surface area contributed by atoms with E-state index in [4.69, 9.17) is 9.52 Å². The van der Waals surface area contributed by atoms with Crippen molar-refractivity contribution in [3.63, 3.8) is 0 Å². The summed E-state index contributed by atoms with van der Waals surface area (Å²) in [7, 11) is 0. The van der Waals surface area contributed by atoms with Crippen molar-refractivity contribution in [2.24, 2.45) is 0 Å². The minimum Gasteiger partial charge on any atom is -0.467 e. The molecule has 0 saturated carbocycles. The smallest absolute Gasteiger partial charge is 0.309 e. The van der Waals surface area contributed by atoms with E-state index in [-0.39, 0.29) is 13.1 Å². The number of aliphatic hydroxyl groups is 1. The molecule has 3 N–H and O–H groups in total. The van der Waals surface area contributed by atoms with Gasteiger partial charge in [0.05, 0.1) is 18.9 Å². The summed E-state index contributed by atoms with van der Waals surface area (Å²) >= 11 is 0. The number of hydrogen-bond acceptors (Lipinski definition) is 4. The van der Waals surface area contributed by atoms with Crippen LogP contribution in [0.1, 0.15) is 12.7 Å². The van der Waals surface area contributed by atoms with Gasteiger partial charge in [0.25, 0.3) is 0 Å². The van der Waals surface area contributed by atoms with Crippen LogP contribution in [0.2, 0.25) is 0 Å². The Morgan fingerprint density at radius 3 is 2.69 bits per heavy atom. The molecule has 0 saturated heterocycles. The van der Waals surface area contributed by atoms with Gasteiger partial charge in [-0.15, -0.1) is 0 Å². The zero-order chi connectivity index (χ0) is 12.0. The number of carbonyl (C=O) groups is 2. The summed E-state index contributed by atoms with van der Waals surface area (Å²) in [6.45, 7) is 1.72. The molecule has 0 bridgehead atoms. The molecule has 1 aromatic heterocycles. The lowest BCUT2D eigenvalue weighted by Gasteiger charge is -2.06. The van der Waals surface area contributed by atoms with Crippen LogP contribution in [-0.4, -0.2) is 29.6 Å². The highest BCUT2D eigenvalue weighted by molar-refractivity contribution is 6.35. The number of rotatable bonds is 4. The molecule has 1 heterocycles. The van der Waals surface area contributed by atoms with Crippen LogP contribution < -0.4 is 10.6 Å². The van der Waals surface area contributed by atoms with E-state index < -0.39 is 17.9 Å². The molecule has 1 atom stereocenters. The van der Waals surface area contributed by atoms with Crippen molar-refractivity contribution >= 4 is 11.8 Å². The Morgan fingerprint density at radius 1 is 1.44 bits per heavy atom. The van der Waals surface area contributed by atoms with Gasteiger partial charge < -0.3 is 20.2 Å². The van der Waals surface area contributed by atoms with Gasteiger partial charge in [0.2, 0.25) is 0 Å². The number of carbonyl (C=O) groups excluding carboxylic acids is 2. The molecule has 88 valence electrons. The van der Waals surface area contributed by atoms with Crippen LogP contribution in [0, 0.1) is 0 Å². The SMILES string of the molecule is C[C@@H](O)CNC(=O)C(=O)NCc1ccco1. The number of hydrogen-bond donors (Lipinski definition) is 3. The summed E-state index contributed by atoms with van der Waals surface area (Å²) in [5.74, 6) is -0.957. The summed E-state index contributed by atoms with van der Waals surface area (Å²) in [6.07, 6.45) is 0.802. The van der Waals surface area contributed by atoms with Crippen LogP contribution >= 0.6 is 0 Å². The first-order chi connectivity index (χ1) is 7.59. The van der Waals surface area contributed by atoms with Gasteiger partial charge in [0.1, 0.15) is 5.76 Å². The zero-order valence-electron chi connectivity index (χ0n) is 8.90. The second-order valence-corrected chi connectivity index (χ2v) is 3.32. The first-order valence-corrected chi connectivity index (χ1v) is 4.86. The molecule has 1 aromatic rings. The van der Waals surface area contributed by atoms with E-state index in [0.717, 1.165) is 0 Å². The van der Waals surface area contributed by atoms with E-state index in [2.05, 4.69) is 10.6 Å². The second kappa shape index (κ2) is 5.92. The first kappa shape index (κ1) is 12.3. The normalized spacial score (nSPS) is 11.9. The largest absolute Gasteiger partial charge is 0.467 e. The maximum atomic E-state index is 11.2. The van der Waals surface area contributed by atoms with Gasteiger partial charge in [-0.2, -0.15) is 0 Å². The van der Waals surface area contributed by atoms with E-state index in [1.54, 1.807) is 12.1 Å². The highest BCUT2D eigenvalue weighted by Gasteiger charge is 2.13. The Kier molecular flexibility index (Phi) is 4.53. The highest BCUT2D eigenvalue weighted by atomic mass is 16.3. The molecule has 0 fully saturated rings. The molecular formula is C10H14N2O4. The molecule has 0 unspecified atom stereocenters. The Labute approximate surface area is 92.6 Å². The van der Waals surface area contributed by atoms with Crippen LogP contribution in [0.4, 0.5) is 0 Å². The number of nitrogens with one attached hydrogen (secondary N) is 2. The van der Waals surface area contributed by atoms with E-state index in [1.165, 1.54) is 13.2 Å². The van der Waals surface area contributed by atoms with Crippen molar-refractivity contribution in [2.75, 3.05) is 6.54 Å². The Balaban J connectivity index is 2.26. The van der Waals surface area contributed by atoms with Gasteiger partial charge in [-0.05, 0) is 19.1 Å². The monoisotopic (exact) mass is 226 g/mol. The number of aliphatic hydroxyl groups excluding tert-OH is 1. The van der Waals surface area contributed by atoms with Crippen molar-refractivity contribution in [1.29, 1.82) is 0 Å². The van der Waals surface area contributed by atoms with Crippen molar-refractivity contribution in [3.05, 3.63) is 24.2 Å². The van der Waals surface area contributed by atoms with E-state index in [0.29, 0.717) is 5.76 Å². The fraction of sp³-hybridized carbons (Fsp3) is 0.400. The standard InChI is InChI=1S/C10H14N2O4/c1-7(13)5-11-9(14)10(15)12-6-8-3-2-4-16-8/h2-4,7,13H,5-6H2,1H3,(H,11,14)(H,12,15)/t7-/m1/s1. The third-order valence-corrected chi connectivity index (χ3v) is 1.77. The van der Waals surface area contributed by atoms with Gasteiger partial charge in [0, 0.05) is 6.54 Å². The van der Waals surface area contributed by atoms with Gasteiger partial charge >= 0.3 is 11.8 Å². The van der Waals surface area contributed by atoms with Crippen LogP contribution in [0.25, 0.3) is 0 Å². The molecule has 6 nitrogen and oxygen atoms in total. The number of amides is 2. The van der Waals surface area contributed by atoms with Crippen LogP contribution in [0.5, 0.6) is 0 Å². The third-order valence-electron chi connectivity index (χ3n) is 1.77. The van der Waals surface area contributed by atoms with Crippen LogP contribution in [0.3, 0.4) is 0 Å². The fourth-order valence-electron chi connectivity index (χ4n) is 0.982. The van der Waals surface area contributed by atoms with Crippen molar-refractivity contribution in [3.8, 4) is 0 Å². The second-order valence-electron chi connectivity index (χ2n) is 3.32. The lowest BCUT2D eigenvalue weighted by Crippen LogP contribution is -2.41. The van der Waals surface area contributed by atoms with Gasteiger partial charge in [-0.3, -0.25) is 9.59 Å². The van der Waals surface area contributed by atoms with Gasteiger partial charge in [-0.25, -0.2) is 0 Å². The summed E-state index contributed by atoms with van der Waals surface area (Å²) < 4.78 is 4.98. The van der Waals surface area contributed by atoms with Gasteiger partial charge in [-0.1, -0.05) is 0 Å². The van der Waals surface area contributed by atoms with Crippen molar-refractivity contribution < 1.29 is 19.1 Å². The minimum atomic E-state index is -0.771. The van der Waals surface area contributed by atoms with E-state index >= 15 is 0 Å². The first-order valence-electron chi connectivity index (χ1n) is 4.86. The lowest BCUT2D eigenvalue weighted by atomic mass is 10.4. The average molecular weight is 226 g/mol. The predicted octanol–water partition coefficient (Wildman–Crippen LogP) is -0.607.